The Balaban J connectivity index is 1.10. The van der Waals surface area contributed by atoms with Crippen molar-refractivity contribution in [3.8, 4) is 0 Å². The van der Waals surface area contributed by atoms with Crippen molar-refractivity contribution >= 4 is 17.5 Å². The number of carbonyl (C=O) groups excluding carboxylic acids is 1. The van der Waals surface area contributed by atoms with Crippen molar-refractivity contribution in [2.75, 3.05) is 29.9 Å². The zero-order valence-electron chi connectivity index (χ0n) is 19.0. The highest BCUT2D eigenvalue weighted by atomic mass is 16.6. The van der Waals surface area contributed by atoms with Crippen LogP contribution in [0, 0.1) is 0 Å². The number of fused-ring (bicyclic) bond motifs is 1. The number of benzene rings is 3. The molecule has 2 heterocycles. The monoisotopic (exact) mass is 441 g/mol. The van der Waals surface area contributed by atoms with Crippen molar-refractivity contribution in [2.45, 2.75) is 38.5 Å². The van der Waals surface area contributed by atoms with E-state index < -0.39 is 0 Å². The fourth-order valence-corrected chi connectivity index (χ4v) is 4.84. The summed E-state index contributed by atoms with van der Waals surface area (Å²) in [5, 5.41) is 2.94. The second-order valence-electron chi connectivity index (χ2n) is 8.99. The van der Waals surface area contributed by atoms with Gasteiger partial charge in [-0.2, -0.15) is 0 Å². The lowest BCUT2D eigenvalue weighted by Gasteiger charge is -2.31. The van der Waals surface area contributed by atoms with Gasteiger partial charge in [-0.1, -0.05) is 60.7 Å². The van der Waals surface area contributed by atoms with Gasteiger partial charge in [-0.3, -0.25) is 10.2 Å². The van der Waals surface area contributed by atoms with Crippen molar-refractivity contribution in [1.82, 2.24) is 4.90 Å². The third-order valence-electron chi connectivity index (χ3n) is 6.59. The predicted octanol–water partition coefficient (Wildman–Crippen LogP) is 5.46. The standard InChI is InChI=1S/C28H31N3O2/c32-28(33-26-14-16-30(17-15-26)20-22-7-3-1-4-8-22)29-25-11-12-27-24(19-25)13-18-31(27)21-23-9-5-2-6-10-23/h1-12,19,26H,13-18,20-21H2,(H,29,32). The fraction of sp³-hybridized carbons (Fsp3) is 0.321. The van der Waals surface area contributed by atoms with Gasteiger partial charge in [-0.25, -0.2) is 4.79 Å². The molecule has 0 saturated carbocycles. The molecule has 2 aliphatic heterocycles. The smallest absolute Gasteiger partial charge is 0.411 e. The molecular formula is C28H31N3O2. The summed E-state index contributed by atoms with van der Waals surface area (Å²) in [4.78, 5) is 17.3. The molecule has 5 heteroatoms. The number of ether oxygens (including phenoxy) is 1. The molecule has 0 aromatic heterocycles. The van der Waals surface area contributed by atoms with Crippen LogP contribution in [0.3, 0.4) is 0 Å². The normalized spacial score (nSPS) is 16.4. The van der Waals surface area contributed by atoms with Gasteiger partial charge in [0.05, 0.1) is 0 Å². The van der Waals surface area contributed by atoms with Crippen molar-refractivity contribution < 1.29 is 9.53 Å². The van der Waals surface area contributed by atoms with E-state index in [1.54, 1.807) is 0 Å². The van der Waals surface area contributed by atoms with Gasteiger partial charge in [0.25, 0.3) is 0 Å². The summed E-state index contributed by atoms with van der Waals surface area (Å²) in [6, 6.07) is 27.2. The molecule has 1 N–H and O–H groups in total. The minimum absolute atomic E-state index is 0.0205. The average molecular weight is 442 g/mol. The van der Waals surface area contributed by atoms with Crippen LogP contribution in [0.4, 0.5) is 16.2 Å². The number of piperidine rings is 1. The van der Waals surface area contributed by atoms with Crippen molar-refractivity contribution in [2.24, 2.45) is 0 Å². The summed E-state index contributed by atoms with van der Waals surface area (Å²) in [6.07, 6.45) is 2.37. The summed E-state index contributed by atoms with van der Waals surface area (Å²) in [6.45, 7) is 4.76. The highest BCUT2D eigenvalue weighted by Crippen LogP contribution is 2.31. The molecule has 5 rings (SSSR count). The molecule has 3 aromatic rings. The Kier molecular flexibility index (Phi) is 6.58. The minimum atomic E-state index is -0.351. The lowest BCUT2D eigenvalue weighted by atomic mass is 10.1. The van der Waals surface area contributed by atoms with Gasteiger partial charge in [0.2, 0.25) is 0 Å². The lowest BCUT2D eigenvalue weighted by Crippen LogP contribution is -2.38. The zero-order chi connectivity index (χ0) is 22.5. The quantitative estimate of drug-likeness (QED) is 0.552. The summed E-state index contributed by atoms with van der Waals surface area (Å²) in [5.41, 5.74) is 5.97. The number of nitrogens with zero attached hydrogens (tertiary/aromatic N) is 2. The summed E-state index contributed by atoms with van der Waals surface area (Å²) in [7, 11) is 0. The molecule has 170 valence electrons. The first kappa shape index (κ1) is 21.5. The van der Waals surface area contributed by atoms with Crippen LogP contribution in [0.15, 0.2) is 78.9 Å². The number of carbonyl (C=O) groups is 1. The number of likely N-dealkylation sites (tertiary alicyclic amines) is 1. The number of anilines is 2. The minimum Gasteiger partial charge on any atom is -0.446 e. The Labute approximate surface area is 196 Å². The van der Waals surface area contributed by atoms with E-state index in [-0.39, 0.29) is 12.2 Å². The number of hydrogen-bond donors (Lipinski definition) is 1. The Morgan fingerprint density at radius 2 is 1.52 bits per heavy atom. The van der Waals surface area contributed by atoms with E-state index in [2.05, 4.69) is 75.8 Å². The maximum atomic E-state index is 12.5. The van der Waals surface area contributed by atoms with Crippen LogP contribution >= 0.6 is 0 Å². The second-order valence-corrected chi connectivity index (χ2v) is 8.99. The second kappa shape index (κ2) is 10.1. The van der Waals surface area contributed by atoms with Crippen LogP contribution in [0.1, 0.15) is 29.5 Å². The molecule has 1 fully saturated rings. The maximum absolute atomic E-state index is 12.5. The first-order chi connectivity index (χ1) is 16.2. The largest absolute Gasteiger partial charge is 0.446 e. The van der Waals surface area contributed by atoms with Crippen LogP contribution in [0.5, 0.6) is 0 Å². The molecule has 0 unspecified atom stereocenters. The van der Waals surface area contributed by atoms with E-state index in [0.717, 1.165) is 57.7 Å². The van der Waals surface area contributed by atoms with E-state index >= 15 is 0 Å². The van der Waals surface area contributed by atoms with Crippen molar-refractivity contribution in [3.05, 3.63) is 95.6 Å². The van der Waals surface area contributed by atoms with Crippen LogP contribution in [-0.2, 0) is 24.2 Å². The molecule has 0 bridgehead atoms. The van der Waals surface area contributed by atoms with E-state index in [1.165, 1.54) is 22.4 Å². The van der Waals surface area contributed by atoms with Crippen molar-refractivity contribution in [3.63, 3.8) is 0 Å². The molecule has 0 atom stereocenters. The van der Waals surface area contributed by atoms with Gasteiger partial charge >= 0.3 is 6.09 Å². The van der Waals surface area contributed by atoms with Gasteiger partial charge in [0.15, 0.2) is 0 Å². The van der Waals surface area contributed by atoms with Gasteiger partial charge in [-0.15, -0.1) is 0 Å². The number of amides is 1. The Morgan fingerprint density at radius 3 is 2.21 bits per heavy atom. The van der Waals surface area contributed by atoms with E-state index in [1.807, 2.05) is 18.2 Å². The number of hydrogen-bond acceptors (Lipinski definition) is 4. The molecule has 5 nitrogen and oxygen atoms in total. The van der Waals surface area contributed by atoms with Crippen LogP contribution in [-0.4, -0.2) is 36.7 Å². The maximum Gasteiger partial charge on any atom is 0.411 e. The Hall–Kier alpha value is -3.31. The van der Waals surface area contributed by atoms with E-state index in [4.69, 9.17) is 4.74 Å². The van der Waals surface area contributed by atoms with Crippen LogP contribution < -0.4 is 10.2 Å². The van der Waals surface area contributed by atoms with E-state index in [9.17, 15) is 4.79 Å². The molecular weight excluding hydrogens is 410 g/mol. The summed E-state index contributed by atoms with van der Waals surface area (Å²) < 4.78 is 5.73. The SMILES string of the molecule is O=C(Nc1ccc2c(c1)CCN2Cc1ccccc1)OC1CCN(Cc2ccccc2)CC1. The Bertz CT molecular complexity index is 1060. The lowest BCUT2D eigenvalue weighted by molar-refractivity contribution is 0.0567. The summed E-state index contributed by atoms with van der Waals surface area (Å²) >= 11 is 0. The molecule has 1 amide bonds. The molecule has 0 radical (unpaired) electrons. The Morgan fingerprint density at radius 1 is 0.848 bits per heavy atom. The van der Waals surface area contributed by atoms with Crippen LogP contribution in [0.25, 0.3) is 0 Å². The third kappa shape index (κ3) is 5.55. The average Bonchev–Trinajstić information content (AvgIpc) is 3.23. The highest BCUT2D eigenvalue weighted by molar-refractivity contribution is 5.85. The summed E-state index contributed by atoms with van der Waals surface area (Å²) in [5.74, 6) is 0. The zero-order valence-corrected chi connectivity index (χ0v) is 19.0. The third-order valence-corrected chi connectivity index (χ3v) is 6.59. The van der Waals surface area contributed by atoms with Crippen molar-refractivity contribution in [1.29, 1.82) is 0 Å². The van der Waals surface area contributed by atoms with Gasteiger partial charge in [-0.05, 0) is 54.2 Å². The first-order valence-electron chi connectivity index (χ1n) is 11.9. The predicted molar refractivity (Wildman–Crippen MR) is 132 cm³/mol. The highest BCUT2D eigenvalue weighted by Gasteiger charge is 2.23. The topological polar surface area (TPSA) is 44.8 Å². The van der Waals surface area contributed by atoms with Gasteiger partial charge in [0.1, 0.15) is 6.10 Å². The molecule has 3 aromatic carbocycles. The molecule has 2 aliphatic rings. The molecule has 33 heavy (non-hydrogen) atoms. The van der Waals surface area contributed by atoms with Gasteiger partial charge < -0.3 is 9.64 Å². The molecule has 1 saturated heterocycles. The van der Waals surface area contributed by atoms with E-state index in [0.29, 0.717) is 0 Å². The van der Waals surface area contributed by atoms with Crippen LogP contribution in [0.2, 0.25) is 0 Å². The molecule has 0 spiro atoms. The molecule has 0 aliphatic carbocycles. The number of nitrogens with one attached hydrogen (secondary N) is 1. The fourth-order valence-electron chi connectivity index (χ4n) is 4.84. The first-order valence-corrected chi connectivity index (χ1v) is 11.9. The number of rotatable bonds is 6. The van der Waals surface area contributed by atoms with Gasteiger partial charge in [0, 0.05) is 44.1 Å².